The zero-order chi connectivity index (χ0) is 17.0. The minimum atomic E-state index is 0.0672. The number of hydrogen-bond acceptors (Lipinski definition) is 3. The Labute approximate surface area is 145 Å². The summed E-state index contributed by atoms with van der Waals surface area (Å²) >= 11 is 0. The Morgan fingerprint density at radius 3 is 2.75 bits per heavy atom. The molecule has 0 aliphatic carbocycles. The number of hydrogen-bond donors (Lipinski definition) is 1. The summed E-state index contributed by atoms with van der Waals surface area (Å²) in [6, 6.07) is 8.24. The minimum Gasteiger partial charge on any atom is -0.493 e. The number of ether oxygens (including phenoxy) is 1. The minimum absolute atomic E-state index is 0.0672. The lowest BCUT2D eigenvalue weighted by atomic mass is 9.72. The van der Waals surface area contributed by atoms with Gasteiger partial charge in [0.1, 0.15) is 5.75 Å². The Bertz CT molecular complexity index is 567. The summed E-state index contributed by atoms with van der Waals surface area (Å²) in [6.45, 7) is 8.01. The zero-order valence-electron chi connectivity index (χ0n) is 15.0. The first-order valence-corrected chi connectivity index (χ1v) is 9.37. The van der Waals surface area contributed by atoms with Gasteiger partial charge in [-0.05, 0) is 57.2 Å². The molecule has 0 radical (unpaired) electrons. The van der Waals surface area contributed by atoms with E-state index in [-0.39, 0.29) is 11.9 Å². The zero-order valence-corrected chi connectivity index (χ0v) is 15.0. The van der Waals surface area contributed by atoms with E-state index in [1.165, 1.54) is 12.8 Å². The summed E-state index contributed by atoms with van der Waals surface area (Å²) < 4.78 is 5.92. The monoisotopic (exact) mass is 330 g/mol. The van der Waals surface area contributed by atoms with Crippen LogP contribution in [0.1, 0.15) is 57.6 Å². The fraction of sp³-hybridized carbons (Fsp3) is 0.650. The van der Waals surface area contributed by atoms with Gasteiger partial charge in [-0.3, -0.25) is 4.79 Å². The molecule has 2 aliphatic heterocycles. The predicted molar refractivity (Wildman–Crippen MR) is 96.1 cm³/mol. The number of piperidine rings is 2. The highest BCUT2D eigenvalue weighted by Gasteiger charge is 2.41. The van der Waals surface area contributed by atoms with Crippen LogP contribution >= 0.6 is 0 Å². The molecular formula is C20H30N2O2. The van der Waals surface area contributed by atoms with Crippen molar-refractivity contribution in [2.45, 2.75) is 52.0 Å². The first-order valence-electron chi connectivity index (χ1n) is 9.37. The van der Waals surface area contributed by atoms with E-state index in [0.717, 1.165) is 43.8 Å². The van der Waals surface area contributed by atoms with Crippen molar-refractivity contribution in [3.05, 3.63) is 29.8 Å². The number of carbonyl (C=O) groups excluding carboxylic acids is 1. The van der Waals surface area contributed by atoms with Gasteiger partial charge in [0.2, 0.25) is 5.91 Å². The maximum atomic E-state index is 12.6. The standard InChI is InChI=1S/C20H30N2O2/c1-3-14-24-18-7-5-4-6-17(18)16(2)22-15-20(9-8-19(22)23)10-12-21-13-11-20/h4-7,16,21H,3,8-15H2,1-2H3/t16-/m0/s1. The lowest BCUT2D eigenvalue weighted by Gasteiger charge is -2.47. The third kappa shape index (κ3) is 3.59. The molecule has 1 atom stereocenters. The molecule has 2 fully saturated rings. The Hall–Kier alpha value is -1.55. The molecule has 0 bridgehead atoms. The van der Waals surface area contributed by atoms with Crippen molar-refractivity contribution in [3.8, 4) is 5.75 Å². The largest absolute Gasteiger partial charge is 0.493 e. The summed E-state index contributed by atoms with van der Waals surface area (Å²) in [5.41, 5.74) is 1.44. The Kier molecular flexibility index (Phi) is 5.44. The van der Waals surface area contributed by atoms with Crippen LogP contribution in [0.2, 0.25) is 0 Å². The third-order valence-corrected chi connectivity index (χ3v) is 5.66. The number of amides is 1. The van der Waals surface area contributed by atoms with Gasteiger partial charge in [0, 0.05) is 18.5 Å². The van der Waals surface area contributed by atoms with Crippen molar-refractivity contribution in [1.82, 2.24) is 10.2 Å². The summed E-state index contributed by atoms with van der Waals surface area (Å²) in [7, 11) is 0. The van der Waals surface area contributed by atoms with Crippen molar-refractivity contribution < 1.29 is 9.53 Å². The number of benzene rings is 1. The molecule has 3 rings (SSSR count). The number of rotatable bonds is 5. The van der Waals surface area contributed by atoms with Gasteiger partial charge < -0.3 is 15.0 Å². The maximum absolute atomic E-state index is 12.6. The SMILES string of the molecule is CCCOc1ccccc1[C@H](C)N1CC2(CCNCC2)CCC1=O. The van der Waals surface area contributed by atoms with E-state index >= 15 is 0 Å². The molecule has 2 aliphatic rings. The second-order valence-electron chi connectivity index (χ2n) is 7.33. The van der Waals surface area contributed by atoms with Crippen LogP contribution in [0, 0.1) is 5.41 Å². The average Bonchev–Trinajstić information content (AvgIpc) is 2.63. The van der Waals surface area contributed by atoms with Crippen LogP contribution in [-0.4, -0.2) is 37.0 Å². The summed E-state index contributed by atoms with van der Waals surface area (Å²) in [6.07, 6.45) is 5.07. The molecule has 0 saturated carbocycles. The quantitative estimate of drug-likeness (QED) is 0.898. The average molecular weight is 330 g/mol. The Balaban J connectivity index is 1.80. The maximum Gasteiger partial charge on any atom is 0.223 e. The molecule has 4 heteroatoms. The highest BCUT2D eigenvalue weighted by Crippen LogP contribution is 2.42. The molecule has 1 aromatic carbocycles. The van der Waals surface area contributed by atoms with Gasteiger partial charge >= 0.3 is 0 Å². The van der Waals surface area contributed by atoms with E-state index in [4.69, 9.17) is 4.74 Å². The smallest absolute Gasteiger partial charge is 0.223 e. The second-order valence-corrected chi connectivity index (χ2v) is 7.33. The summed E-state index contributed by atoms with van der Waals surface area (Å²) in [4.78, 5) is 14.7. The van der Waals surface area contributed by atoms with Gasteiger partial charge in [-0.2, -0.15) is 0 Å². The summed E-state index contributed by atoms with van der Waals surface area (Å²) in [5, 5.41) is 3.45. The number of nitrogens with one attached hydrogen (secondary N) is 1. The van der Waals surface area contributed by atoms with Gasteiger partial charge in [0.25, 0.3) is 0 Å². The van der Waals surface area contributed by atoms with Crippen molar-refractivity contribution in [1.29, 1.82) is 0 Å². The number of nitrogens with zero attached hydrogens (tertiary/aromatic N) is 1. The molecule has 4 nitrogen and oxygen atoms in total. The Morgan fingerprint density at radius 1 is 1.25 bits per heavy atom. The van der Waals surface area contributed by atoms with Crippen LogP contribution < -0.4 is 10.1 Å². The molecule has 1 aromatic rings. The molecule has 0 unspecified atom stereocenters. The van der Waals surface area contributed by atoms with Crippen molar-refractivity contribution in [2.24, 2.45) is 5.41 Å². The van der Waals surface area contributed by atoms with Crippen LogP contribution in [0.25, 0.3) is 0 Å². The fourth-order valence-corrected chi connectivity index (χ4v) is 4.10. The van der Waals surface area contributed by atoms with Crippen molar-refractivity contribution >= 4 is 5.91 Å². The molecule has 132 valence electrons. The molecule has 24 heavy (non-hydrogen) atoms. The van der Waals surface area contributed by atoms with Gasteiger partial charge in [-0.1, -0.05) is 25.1 Å². The van der Waals surface area contributed by atoms with E-state index < -0.39 is 0 Å². The number of likely N-dealkylation sites (tertiary alicyclic amines) is 1. The molecule has 2 heterocycles. The van der Waals surface area contributed by atoms with Gasteiger partial charge in [0.05, 0.1) is 12.6 Å². The van der Waals surface area contributed by atoms with Crippen molar-refractivity contribution in [2.75, 3.05) is 26.2 Å². The topological polar surface area (TPSA) is 41.6 Å². The van der Waals surface area contributed by atoms with Crippen LogP contribution in [0.15, 0.2) is 24.3 Å². The second kappa shape index (κ2) is 7.56. The number of carbonyl (C=O) groups is 1. The predicted octanol–water partition coefficient (Wildman–Crippen LogP) is 3.53. The van der Waals surface area contributed by atoms with E-state index in [9.17, 15) is 4.79 Å². The highest BCUT2D eigenvalue weighted by atomic mass is 16.5. The van der Waals surface area contributed by atoms with Crippen LogP contribution in [0.5, 0.6) is 5.75 Å². The fourth-order valence-electron chi connectivity index (χ4n) is 4.10. The molecule has 0 aromatic heterocycles. The van der Waals surface area contributed by atoms with E-state index in [2.05, 4.69) is 30.1 Å². The van der Waals surface area contributed by atoms with E-state index in [1.807, 2.05) is 18.2 Å². The first-order chi connectivity index (χ1) is 11.7. The first kappa shape index (κ1) is 17.3. The van der Waals surface area contributed by atoms with E-state index in [0.29, 0.717) is 18.4 Å². The molecule has 1 amide bonds. The van der Waals surface area contributed by atoms with Crippen LogP contribution in [0.3, 0.4) is 0 Å². The normalized spacial score (nSPS) is 21.8. The highest BCUT2D eigenvalue weighted by molar-refractivity contribution is 5.78. The lowest BCUT2D eigenvalue weighted by molar-refractivity contribution is -0.141. The van der Waals surface area contributed by atoms with Gasteiger partial charge in [-0.15, -0.1) is 0 Å². The molecular weight excluding hydrogens is 300 g/mol. The molecule has 1 N–H and O–H groups in total. The van der Waals surface area contributed by atoms with Crippen molar-refractivity contribution in [3.63, 3.8) is 0 Å². The van der Waals surface area contributed by atoms with Crippen LogP contribution in [-0.2, 0) is 4.79 Å². The van der Waals surface area contributed by atoms with E-state index in [1.54, 1.807) is 0 Å². The Morgan fingerprint density at radius 2 is 2.00 bits per heavy atom. The third-order valence-electron chi connectivity index (χ3n) is 5.66. The summed E-state index contributed by atoms with van der Waals surface area (Å²) in [5.74, 6) is 1.21. The molecule has 2 saturated heterocycles. The number of para-hydroxylation sites is 1. The van der Waals surface area contributed by atoms with Crippen LogP contribution in [0.4, 0.5) is 0 Å². The van der Waals surface area contributed by atoms with Gasteiger partial charge in [0.15, 0.2) is 0 Å². The molecule has 1 spiro atoms. The van der Waals surface area contributed by atoms with Gasteiger partial charge in [-0.25, -0.2) is 0 Å². The lowest BCUT2D eigenvalue weighted by Crippen LogP contribution is -2.51.